The molecule has 3 rings (SSSR count). The van der Waals surface area contributed by atoms with Gasteiger partial charge in [-0.1, -0.05) is 30.4 Å². The van der Waals surface area contributed by atoms with Gasteiger partial charge in [0.15, 0.2) is 0 Å². The van der Waals surface area contributed by atoms with Gasteiger partial charge >= 0.3 is 0 Å². The maximum Gasteiger partial charge on any atom is 0.116 e. The first-order chi connectivity index (χ1) is 10.7. The molecule has 0 aliphatic heterocycles. The minimum absolute atomic E-state index is 1.04. The van der Waals surface area contributed by atoms with Crippen molar-refractivity contribution in [3.05, 3.63) is 67.6 Å². The molecule has 2 heterocycles. The highest BCUT2D eigenvalue weighted by Gasteiger charge is 1.95. The van der Waals surface area contributed by atoms with E-state index >= 15 is 0 Å². The Bertz CT molecular complexity index is 759. The maximum absolute atomic E-state index is 4.44. The number of nitrogens with zero attached hydrogens (tertiary/aromatic N) is 2. The van der Waals surface area contributed by atoms with Crippen LogP contribution in [0.15, 0.2) is 35.0 Å². The summed E-state index contributed by atoms with van der Waals surface area (Å²) in [7, 11) is 0. The van der Waals surface area contributed by atoms with Gasteiger partial charge in [0.2, 0.25) is 0 Å². The van der Waals surface area contributed by atoms with Crippen LogP contribution in [-0.2, 0) is 0 Å². The Kier molecular flexibility index (Phi) is 4.61. The van der Waals surface area contributed by atoms with Gasteiger partial charge in [-0.05, 0) is 43.2 Å². The average Bonchev–Trinajstić information content (AvgIpc) is 3.12. The highest BCUT2D eigenvalue weighted by molar-refractivity contribution is 7.10. The second-order valence-corrected chi connectivity index (χ2v) is 6.77. The van der Waals surface area contributed by atoms with E-state index in [2.05, 4.69) is 69.3 Å². The number of rotatable bonds is 4. The number of hydrogen-bond donors (Lipinski definition) is 0. The molecule has 2 nitrogen and oxygen atoms in total. The molecule has 110 valence electrons. The van der Waals surface area contributed by atoms with E-state index in [1.807, 2.05) is 13.8 Å². The number of thiazole rings is 2. The third-order valence-electron chi connectivity index (χ3n) is 3.02. The second kappa shape index (κ2) is 6.81. The van der Waals surface area contributed by atoms with Crippen molar-refractivity contribution in [2.75, 3.05) is 0 Å². The van der Waals surface area contributed by atoms with E-state index in [4.69, 9.17) is 0 Å². The van der Waals surface area contributed by atoms with Gasteiger partial charge in [0.25, 0.3) is 0 Å². The molecule has 4 heteroatoms. The second-order valence-electron chi connectivity index (χ2n) is 4.99. The quantitative estimate of drug-likeness (QED) is 0.628. The molecule has 0 unspecified atom stereocenters. The minimum atomic E-state index is 1.04. The predicted molar refractivity (Wildman–Crippen MR) is 98.0 cm³/mol. The molecule has 0 saturated carbocycles. The lowest BCUT2D eigenvalue weighted by Gasteiger charge is -1.96. The highest BCUT2D eigenvalue weighted by Crippen LogP contribution is 2.16. The van der Waals surface area contributed by atoms with Gasteiger partial charge in [-0.2, -0.15) is 0 Å². The summed E-state index contributed by atoms with van der Waals surface area (Å²) >= 11 is 3.33. The number of aryl methyl sites for hydroxylation is 2. The first kappa shape index (κ1) is 14.9. The zero-order valence-electron chi connectivity index (χ0n) is 12.5. The monoisotopic (exact) mass is 324 g/mol. The molecule has 0 atom stereocenters. The molecular weight excluding hydrogens is 308 g/mol. The fourth-order valence-electron chi connectivity index (χ4n) is 2.00. The van der Waals surface area contributed by atoms with Crippen LogP contribution in [0.1, 0.15) is 32.5 Å². The van der Waals surface area contributed by atoms with Crippen molar-refractivity contribution in [2.45, 2.75) is 13.8 Å². The lowest BCUT2D eigenvalue weighted by Crippen LogP contribution is -1.77. The van der Waals surface area contributed by atoms with Crippen molar-refractivity contribution in [3.8, 4) is 0 Å². The third kappa shape index (κ3) is 4.00. The zero-order chi connectivity index (χ0) is 15.4. The molecule has 0 aliphatic carbocycles. The summed E-state index contributed by atoms with van der Waals surface area (Å²) in [5.41, 5.74) is 4.48. The van der Waals surface area contributed by atoms with E-state index < -0.39 is 0 Å². The van der Waals surface area contributed by atoms with Crippen LogP contribution >= 0.6 is 22.7 Å². The Morgan fingerprint density at radius 1 is 0.773 bits per heavy atom. The fourth-order valence-corrected chi connectivity index (χ4v) is 3.37. The standard InChI is InChI=1S/C18H16N2S2/c1-13-11-21-17(19-13)8-6-15-4-3-5-16(10-15)7-9-18-20-14(2)12-22-18/h3-12H,1-2H3/b8-6+,9-7+. The van der Waals surface area contributed by atoms with E-state index in [0.29, 0.717) is 0 Å². The van der Waals surface area contributed by atoms with Crippen LogP contribution in [0.25, 0.3) is 24.3 Å². The van der Waals surface area contributed by atoms with Crippen LogP contribution in [0.2, 0.25) is 0 Å². The summed E-state index contributed by atoms with van der Waals surface area (Å²) in [6.45, 7) is 4.03. The lowest BCUT2D eigenvalue weighted by molar-refractivity contribution is 1.25. The maximum atomic E-state index is 4.44. The summed E-state index contributed by atoms with van der Waals surface area (Å²) in [5, 5.41) is 6.21. The third-order valence-corrected chi connectivity index (χ3v) is 4.88. The first-order valence-electron chi connectivity index (χ1n) is 6.99. The topological polar surface area (TPSA) is 25.8 Å². The van der Waals surface area contributed by atoms with Gasteiger partial charge in [-0.15, -0.1) is 22.7 Å². The summed E-state index contributed by atoms with van der Waals surface area (Å²) in [6.07, 6.45) is 8.32. The van der Waals surface area contributed by atoms with Crippen molar-refractivity contribution in [1.29, 1.82) is 0 Å². The lowest BCUT2D eigenvalue weighted by atomic mass is 10.1. The predicted octanol–water partition coefficient (Wildman–Crippen LogP) is 5.56. The van der Waals surface area contributed by atoms with Gasteiger partial charge in [0.1, 0.15) is 10.0 Å². The Morgan fingerprint density at radius 3 is 1.68 bits per heavy atom. The highest BCUT2D eigenvalue weighted by atomic mass is 32.1. The summed E-state index contributed by atoms with van der Waals surface area (Å²) in [5.74, 6) is 0. The van der Waals surface area contributed by atoms with Crippen molar-refractivity contribution >= 4 is 47.0 Å². The number of benzene rings is 1. The van der Waals surface area contributed by atoms with Gasteiger partial charge in [-0.25, -0.2) is 9.97 Å². The Balaban J connectivity index is 1.74. The Hall–Kier alpha value is -2.04. The molecule has 2 aromatic heterocycles. The molecule has 1 aromatic carbocycles. The Labute approximate surface area is 138 Å². The fraction of sp³-hybridized carbons (Fsp3) is 0.111. The van der Waals surface area contributed by atoms with E-state index in [9.17, 15) is 0 Å². The number of hydrogen-bond acceptors (Lipinski definition) is 4. The minimum Gasteiger partial charge on any atom is -0.242 e. The molecule has 0 amide bonds. The largest absolute Gasteiger partial charge is 0.242 e. The Morgan fingerprint density at radius 2 is 1.27 bits per heavy atom. The molecule has 0 N–H and O–H groups in total. The number of aromatic nitrogens is 2. The summed E-state index contributed by atoms with van der Waals surface area (Å²) in [4.78, 5) is 8.87. The van der Waals surface area contributed by atoms with Crippen molar-refractivity contribution < 1.29 is 0 Å². The smallest absolute Gasteiger partial charge is 0.116 e. The van der Waals surface area contributed by atoms with Gasteiger partial charge in [-0.3, -0.25) is 0 Å². The van der Waals surface area contributed by atoms with E-state index in [1.54, 1.807) is 22.7 Å². The normalized spacial score (nSPS) is 11.7. The van der Waals surface area contributed by atoms with Crippen LogP contribution in [0.3, 0.4) is 0 Å². The van der Waals surface area contributed by atoms with E-state index in [0.717, 1.165) is 21.4 Å². The molecule has 0 spiro atoms. The van der Waals surface area contributed by atoms with Gasteiger partial charge < -0.3 is 0 Å². The molecule has 0 radical (unpaired) electrons. The van der Waals surface area contributed by atoms with Gasteiger partial charge in [0.05, 0.1) is 0 Å². The van der Waals surface area contributed by atoms with Crippen molar-refractivity contribution in [2.24, 2.45) is 0 Å². The molecule has 0 fully saturated rings. The SMILES string of the molecule is Cc1csc(/C=C/c2cccc(/C=C/c3nc(C)cs3)c2)n1. The zero-order valence-corrected chi connectivity index (χ0v) is 14.1. The molecule has 22 heavy (non-hydrogen) atoms. The van der Waals surface area contributed by atoms with Gasteiger partial charge in [0, 0.05) is 22.1 Å². The van der Waals surface area contributed by atoms with Crippen LogP contribution in [0, 0.1) is 13.8 Å². The average molecular weight is 324 g/mol. The van der Waals surface area contributed by atoms with E-state index in [-0.39, 0.29) is 0 Å². The first-order valence-corrected chi connectivity index (χ1v) is 8.75. The molecule has 0 aliphatic rings. The molecule has 3 aromatic rings. The van der Waals surface area contributed by atoms with Crippen LogP contribution < -0.4 is 0 Å². The van der Waals surface area contributed by atoms with Crippen LogP contribution in [0.5, 0.6) is 0 Å². The van der Waals surface area contributed by atoms with Crippen LogP contribution in [-0.4, -0.2) is 9.97 Å². The van der Waals surface area contributed by atoms with Crippen molar-refractivity contribution in [3.63, 3.8) is 0 Å². The molecule has 0 saturated heterocycles. The summed E-state index contributed by atoms with van der Waals surface area (Å²) in [6, 6.07) is 8.43. The van der Waals surface area contributed by atoms with Crippen LogP contribution in [0.4, 0.5) is 0 Å². The van der Waals surface area contributed by atoms with Crippen molar-refractivity contribution in [1.82, 2.24) is 9.97 Å². The molecule has 0 bridgehead atoms. The van der Waals surface area contributed by atoms with E-state index in [1.165, 1.54) is 11.1 Å². The summed E-state index contributed by atoms with van der Waals surface area (Å²) < 4.78 is 0. The molecular formula is C18H16N2S2.